The average Bonchev–Trinajstić information content (AvgIpc) is 2.31. The fraction of sp³-hybridized carbons (Fsp3) is 0.800. The Bertz CT molecular complexity index is 283. The highest BCUT2D eigenvalue weighted by Gasteiger charge is 2.39. The molecule has 0 aromatic rings. The van der Waals surface area contributed by atoms with E-state index in [0.29, 0.717) is 18.8 Å². The fourth-order valence-electron chi connectivity index (χ4n) is 2.08. The zero-order valence-electron chi connectivity index (χ0n) is 9.79. The van der Waals surface area contributed by atoms with Gasteiger partial charge in [0, 0.05) is 7.05 Å². The molecule has 1 aliphatic carbocycles. The van der Waals surface area contributed by atoms with Gasteiger partial charge in [0.05, 0.1) is 0 Å². The van der Waals surface area contributed by atoms with E-state index in [1.807, 2.05) is 0 Å². The fourth-order valence-corrected chi connectivity index (χ4v) is 2.08. The second-order valence-corrected chi connectivity index (χ2v) is 4.45. The zero-order valence-corrected chi connectivity index (χ0v) is 9.79. The lowest BCUT2D eigenvalue weighted by Crippen LogP contribution is -2.60. The van der Waals surface area contributed by atoms with Crippen LogP contribution >= 0.6 is 0 Å². The van der Waals surface area contributed by atoms with Crippen molar-refractivity contribution in [3.05, 3.63) is 0 Å². The van der Waals surface area contributed by atoms with E-state index in [4.69, 9.17) is 10.9 Å². The maximum absolute atomic E-state index is 11.4. The Morgan fingerprint density at radius 1 is 1.50 bits per heavy atom. The Hall–Kier alpha value is -1.46. The summed E-state index contributed by atoms with van der Waals surface area (Å²) in [7, 11) is 1.54. The van der Waals surface area contributed by atoms with Crippen LogP contribution in [-0.2, 0) is 0 Å². The maximum atomic E-state index is 11.4. The number of nitrogens with zero attached hydrogens (tertiary/aromatic N) is 1. The lowest BCUT2D eigenvalue weighted by atomic mass is 9.76. The molecular weight excluding hydrogens is 208 g/mol. The molecular formula is C10H20N4O2. The largest absolute Gasteiger partial charge is 0.409 e. The highest BCUT2D eigenvalue weighted by molar-refractivity contribution is 5.93. The molecule has 92 valence electrons. The second kappa shape index (κ2) is 5.05. The van der Waals surface area contributed by atoms with Crippen molar-refractivity contribution < 1.29 is 10.0 Å². The van der Waals surface area contributed by atoms with Crippen molar-refractivity contribution in [1.82, 2.24) is 10.6 Å². The monoisotopic (exact) mass is 228 g/mol. The van der Waals surface area contributed by atoms with E-state index in [-0.39, 0.29) is 11.9 Å². The van der Waals surface area contributed by atoms with Crippen LogP contribution in [0.1, 0.15) is 32.6 Å². The predicted octanol–water partition coefficient (Wildman–Crippen LogP) is 0.611. The van der Waals surface area contributed by atoms with E-state index in [1.54, 1.807) is 7.05 Å². The van der Waals surface area contributed by atoms with Crippen LogP contribution in [0, 0.1) is 5.92 Å². The van der Waals surface area contributed by atoms with Gasteiger partial charge in [-0.2, -0.15) is 0 Å². The van der Waals surface area contributed by atoms with Crippen molar-refractivity contribution in [2.45, 2.75) is 38.1 Å². The first-order valence-electron chi connectivity index (χ1n) is 5.52. The molecule has 5 N–H and O–H groups in total. The van der Waals surface area contributed by atoms with E-state index >= 15 is 0 Å². The minimum atomic E-state index is -0.693. The molecule has 0 aromatic heterocycles. The summed E-state index contributed by atoms with van der Waals surface area (Å²) in [4.78, 5) is 11.4. The Morgan fingerprint density at radius 2 is 2.06 bits per heavy atom. The van der Waals surface area contributed by atoms with Gasteiger partial charge < -0.3 is 21.6 Å². The molecule has 6 nitrogen and oxygen atoms in total. The van der Waals surface area contributed by atoms with Crippen molar-refractivity contribution in [2.75, 3.05) is 7.05 Å². The molecule has 0 saturated heterocycles. The lowest BCUT2D eigenvalue weighted by molar-refractivity contribution is 0.214. The molecule has 0 atom stereocenters. The van der Waals surface area contributed by atoms with Gasteiger partial charge in [0.2, 0.25) is 0 Å². The van der Waals surface area contributed by atoms with Crippen LogP contribution in [0.25, 0.3) is 0 Å². The van der Waals surface area contributed by atoms with Crippen LogP contribution < -0.4 is 16.4 Å². The number of nitrogens with one attached hydrogen (secondary N) is 2. The smallest absolute Gasteiger partial charge is 0.315 e. The Morgan fingerprint density at radius 3 is 2.50 bits per heavy atom. The quantitative estimate of drug-likeness (QED) is 0.241. The second-order valence-electron chi connectivity index (χ2n) is 4.45. The molecule has 1 aliphatic rings. The third-order valence-corrected chi connectivity index (χ3v) is 3.31. The summed E-state index contributed by atoms with van der Waals surface area (Å²) in [6.45, 7) is 2.16. The number of carbonyl (C=O) groups is 1. The van der Waals surface area contributed by atoms with Crippen molar-refractivity contribution in [3.8, 4) is 0 Å². The van der Waals surface area contributed by atoms with E-state index in [0.717, 1.165) is 12.8 Å². The van der Waals surface area contributed by atoms with Gasteiger partial charge in [-0.1, -0.05) is 12.1 Å². The molecule has 2 amide bonds. The van der Waals surface area contributed by atoms with E-state index < -0.39 is 5.54 Å². The van der Waals surface area contributed by atoms with Crippen molar-refractivity contribution in [2.24, 2.45) is 16.8 Å². The van der Waals surface area contributed by atoms with Gasteiger partial charge in [0.25, 0.3) is 0 Å². The minimum Gasteiger partial charge on any atom is -0.409 e. The first-order chi connectivity index (χ1) is 7.54. The number of nitrogens with two attached hydrogens (primary N) is 1. The zero-order chi connectivity index (χ0) is 12.2. The third-order valence-electron chi connectivity index (χ3n) is 3.31. The third kappa shape index (κ3) is 2.56. The normalized spacial score (nSPS) is 30.9. The molecule has 1 saturated carbocycles. The highest BCUT2D eigenvalue weighted by atomic mass is 16.4. The van der Waals surface area contributed by atoms with Crippen LogP contribution in [0.4, 0.5) is 4.79 Å². The summed E-state index contributed by atoms with van der Waals surface area (Å²) < 4.78 is 0. The summed E-state index contributed by atoms with van der Waals surface area (Å²) in [5.74, 6) is 0.703. The first kappa shape index (κ1) is 12.6. The van der Waals surface area contributed by atoms with Gasteiger partial charge in [-0.05, 0) is 31.6 Å². The van der Waals surface area contributed by atoms with Gasteiger partial charge >= 0.3 is 6.03 Å². The van der Waals surface area contributed by atoms with Crippen LogP contribution in [0.5, 0.6) is 0 Å². The molecule has 0 bridgehead atoms. The lowest BCUT2D eigenvalue weighted by Gasteiger charge is -2.38. The highest BCUT2D eigenvalue weighted by Crippen LogP contribution is 2.32. The summed E-state index contributed by atoms with van der Waals surface area (Å²) in [6, 6.07) is -0.304. The molecule has 0 heterocycles. The number of urea groups is 1. The van der Waals surface area contributed by atoms with E-state index in [9.17, 15) is 4.79 Å². The van der Waals surface area contributed by atoms with Gasteiger partial charge in [-0.3, -0.25) is 0 Å². The van der Waals surface area contributed by atoms with Crippen LogP contribution in [-0.4, -0.2) is 29.7 Å². The van der Waals surface area contributed by atoms with E-state index in [1.165, 1.54) is 0 Å². The van der Waals surface area contributed by atoms with Crippen molar-refractivity contribution >= 4 is 11.9 Å². The van der Waals surface area contributed by atoms with Crippen LogP contribution in [0.2, 0.25) is 0 Å². The molecule has 1 rings (SSSR count). The average molecular weight is 228 g/mol. The molecule has 0 unspecified atom stereocenters. The molecule has 1 fully saturated rings. The van der Waals surface area contributed by atoms with Crippen LogP contribution in [0.15, 0.2) is 5.16 Å². The van der Waals surface area contributed by atoms with Crippen molar-refractivity contribution in [1.29, 1.82) is 0 Å². The first-order valence-corrected chi connectivity index (χ1v) is 5.52. The number of hydrogen-bond acceptors (Lipinski definition) is 3. The van der Waals surface area contributed by atoms with Crippen molar-refractivity contribution in [3.63, 3.8) is 0 Å². The number of hydrogen-bond donors (Lipinski definition) is 4. The Labute approximate surface area is 95.3 Å². The minimum absolute atomic E-state index is 0.0861. The predicted molar refractivity (Wildman–Crippen MR) is 61.4 cm³/mol. The summed E-state index contributed by atoms with van der Waals surface area (Å²) >= 11 is 0. The molecule has 0 radical (unpaired) electrons. The molecule has 0 aliphatic heterocycles. The number of amides is 2. The standard InChI is InChI=1S/C10H20N4O2/c1-7-3-5-10(6-4-7,8(11)14-16)13-9(15)12-2/h7,16H,3-6H2,1-2H3,(H2,11,14)(H2,12,13,15). The maximum Gasteiger partial charge on any atom is 0.315 e. The number of amidine groups is 1. The van der Waals surface area contributed by atoms with Gasteiger partial charge in [0.15, 0.2) is 5.84 Å². The summed E-state index contributed by atoms with van der Waals surface area (Å²) in [5.41, 5.74) is 5.00. The molecule has 0 aromatic carbocycles. The Balaban J connectivity index is 2.81. The van der Waals surface area contributed by atoms with Gasteiger partial charge in [-0.25, -0.2) is 4.79 Å². The molecule has 0 spiro atoms. The van der Waals surface area contributed by atoms with Crippen LogP contribution in [0.3, 0.4) is 0 Å². The Kier molecular flexibility index (Phi) is 3.98. The SMILES string of the molecule is CNC(=O)NC1(C(N)=NO)CCC(C)CC1. The summed E-state index contributed by atoms with van der Waals surface area (Å²) in [6.07, 6.45) is 3.33. The summed E-state index contributed by atoms with van der Waals surface area (Å²) in [5, 5.41) is 17.1. The van der Waals surface area contributed by atoms with Gasteiger partial charge in [-0.15, -0.1) is 0 Å². The molecule has 16 heavy (non-hydrogen) atoms. The number of carbonyl (C=O) groups excluding carboxylic acids is 1. The number of oxime groups is 1. The molecule has 6 heteroatoms. The topological polar surface area (TPSA) is 99.7 Å². The number of rotatable bonds is 2. The van der Waals surface area contributed by atoms with E-state index in [2.05, 4.69) is 22.7 Å². The van der Waals surface area contributed by atoms with Gasteiger partial charge in [0.1, 0.15) is 5.54 Å².